The standard InChI is InChI=1S/C19H16F2N2O2S2/c20-12-3-4-14(21)13(10-12)17-5-6-23(7-9-27-17)19(24)15-11-16(25-22-15)18-2-1-8-26-18/h1-4,8,10-11,17H,5-7,9H2. The molecule has 27 heavy (non-hydrogen) atoms. The molecule has 0 radical (unpaired) electrons. The van der Waals surface area contributed by atoms with E-state index in [0.29, 0.717) is 36.6 Å². The van der Waals surface area contributed by atoms with Crippen molar-refractivity contribution in [2.75, 3.05) is 18.8 Å². The van der Waals surface area contributed by atoms with E-state index in [-0.39, 0.29) is 16.9 Å². The molecule has 1 unspecified atom stereocenters. The van der Waals surface area contributed by atoms with Crippen LogP contribution in [0.15, 0.2) is 46.3 Å². The van der Waals surface area contributed by atoms with Crippen LogP contribution in [0.2, 0.25) is 0 Å². The number of hydrogen-bond acceptors (Lipinski definition) is 5. The van der Waals surface area contributed by atoms with Crippen LogP contribution in [0.25, 0.3) is 10.6 Å². The molecule has 2 aromatic heterocycles. The van der Waals surface area contributed by atoms with E-state index in [0.717, 1.165) is 17.0 Å². The quantitative estimate of drug-likeness (QED) is 0.614. The Balaban J connectivity index is 1.46. The van der Waals surface area contributed by atoms with Gasteiger partial charge in [0.15, 0.2) is 11.5 Å². The van der Waals surface area contributed by atoms with Crippen LogP contribution in [0.5, 0.6) is 0 Å². The molecule has 1 fully saturated rings. The smallest absolute Gasteiger partial charge is 0.276 e. The fraction of sp³-hybridized carbons (Fsp3) is 0.263. The van der Waals surface area contributed by atoms with Crippen molar-refractivity contribution in [3.8, 4) is 10.6 Å². The van der Waals surface area contributed by atoms with Gasteiger partial charge in [0.1, 0.15) is 11.6 Å². The summed E-state index contributed by atoms with van der Waals surface area (Å²) >= 11 is 3.05. The maximum Gasteiger partial charge on any atom is 0.276 e. The number of nitrogens with zero attached hydrogens (tertiary/aromatic N) is 2. The second-order valence-electron chi connectivity index (χ2n) is 6.16. The van der Waals surface area contributed by atoms with Crippen LogP contribution in [0, 0.1) is 11.6 Å². The summed E-state index contributed by atoms with van der Waals surface area (Å²) in [4.78, 5) is 15.4. The zero-order valence-electron chi connectivity index (χ0n) is 14.2. The van der Waals surface area contributed by atoms with Crippen molar-refractivity contribution in [2.24, 2.45) is 0 Å². The van der Waals surface area contributed by atoms with Crippen LogP contribution in [-0.2, 0) is 0 Å². The molecule has 1 amide bonds. The summed E-state index contributed by atoms with van der Waals surface area (Å²) < 4.78 is 32.8. The van der Waals surface area contributed by atoms with E-state index < -0.39 is 11.6 Å². The van der Waals surface area contributed by atoms with Crippen LogP contribution in [-0.4, -0.2) is 34.8 Å². The highest BCUT2D eigenvalue weighted by molar-refractivity contribution is 7.99. The van der Waals surface area contributed by atoms with E-state index >= 15 is 0 Å². The molecule has 1 saturated heterocycles. The first-order valence-electron chi connectivity index (χ1n) is 8.48. The van der Waals surface area contributed by atoms with Gasteiger partial charge in [-0.05, 0) is 36.1 Å². The van der Waals surface area contributed by atoms with E-state index in [4.69, 9.17) is 4.52 Å². The van der Waals surface area contributed by atoms with Crippen molar-refractivity contribution < 1.29 is 18.1 Å². The number of carbonyl (C=O) groups is 1. The van der Waals surface area contributed by atoms with E-state index in [1.165, 1.54) is 29.2 Å². The highest BCUT2D eigenvalue weighted by Crippen LogP contribution is 2.36. The van der Waals surface area contributed by atoms with Crippen molar-refractivity contribution >= 4 is 29.0 Å². The number of thioether (sulfide) groups is 1. The summed E-state index contributed by atoms with van der Waals surface area (Å²) in [6.45, 7) is 0.978. The number of carbonyl (C=O) groups excluding carboxylic acids is 1. The van der Waals surface area contributed by atoms with Crippen molar-refractivity contribution in [1.29, 1.82) is 0 Å². The van der Waals surface area contributed by atoms with Crippen LogP contribution < -0.4 is 0 Å². The van der Waals surface area contributed by atoms with Crippen LogP contribution in [0.3, 0.4) is 0 Å². The lowest BCUT2D eigenvalue weighted by atomic mass is 10.1. The molecule has 1 atom stereocenters. The number of thiophene rings is 1. The van der Waals surface area contributed by atoms with Gasteiger partial charge in [-0.1, -0.05) is 11.2 Å². The van der Waals surface area contributed by atoms with Crippen molar-refractivity contribution in [3.63, 3.8) is 0 Å². The minimum absolute atomic E-state index is 0.183. The average molecular weight is 406 g/mol. The first kappa shape index (κ1) is 18.2. The summed E-state index contributed by atoms with van der Waals surface area (Å²) in [7, 11) is 0. The molecule has 0 bridgehead atoms. The Morgan fingerprint density at radius 3 is 2.93 bits per heavy atom. The third-order valence-corrected chi connectivity index (χ3v) is 6.62. The van der Waals surface area contributed by atoms with E-state index in [9.17, 15) is 13.6 Å². The lowest BCUT2D eigenvalue weighted by Gasteiger charge is -2.19. The Morgan fingerprint density at radius 2 is 2.11 bits per heavy atom. The molecule has 0 saturated carbocycles. The number of rotatable bonds is 3. The molecule has 140 valence electrons. The molecule has 8 heteroatoms. The predicted molar refractivity (Wildman–Crippen MR) is 102 cm³/mol. The Bertz CT molecular complexity index is 943. The Kier molecular flexibility index (Phi) is 5.27. The Hall–Kier alpha value is -2.19. The minimum atomic E-state index is -0.451. The molecular weight excluding hydrogens is 390 g/mol. The third kappa shape index (κ3) is 3.91. The van der Waals surface area contributed by atoms with Gasteiger partial charge < -0.3 is 9.42 Å². The zero-order chi connectivity index (χ0) is 18.8. The molecule has 3 aromatic rings. The zero-order valence-corrected chi connectivity index (χ0v) is 15.9. The molecule has 0 spiro atoms. The van der Waals surface area contributed by atoms with Gasteiger partial charge in [-0.25, -0.2) is 8.78 Å². The highest BCUT2D eigenvalue weighted by Gasteiger charge is 2.26. The molecule has 0 aliphatic carbocycles. The fourth-order valence-corrected chi connectivity index (χ4v) is 4.97. The van der Waals surface area contributed by atoms with Crippen LogP contribution in [0.4, 0.5) is 8.78 Å². The fourth-order valence-electron chi connectivity index (χ4n) is 3.06. The van der Waals surface area contributed by atoms with Gasteiger partial charge in [-0.15, -0.1) is 11.3 Å². The molecule has 3 heterocycles. The monoisotopic (exact) mass is 406 g/mol. The second-order valence-corrected chi connectivity index (χ2v) is 8.42. The first-order valence-corrected chi connectivity index (χ1v) is 10.4. The van der Waals surface area contributed by atoms with Gasteiger partial charge in [0, 0.05) is 35.7 Å². The highest BCUT2D eigenvalue weighted by atomic mass is 32.2. The normalized spacial score (nSPS) is 17.7. The lowest BCUT2D eigenvalue weighted by Crippen LogP contribution is -2.33. The van der Waals surface area contributed by atoms with E-state index in [1.807, 2.05) is 17.5 Å². The summed E-state index contributed by atoms with van der Waals surface area (Å²) in [5.41, 5.74) is 0.620. The third-order valence-electron chi connectivity index (χ3n) is 4.43. The Labute approximate surface area is 163 Å². The number of halogens is 2. The van der Waals surface area contributed by atoms with E-state index in [2.05, 4.69) is 5.16 Å². The van der Waals surface area contributed by atoms with Crippen LogP contribution >= 0.6 is 23.1 Å². The SMILES string of the molecule is O=C(c1cc(-c2cccs2)on1)N1CCSC(c2cc(F)ccc2F)CC1. The van der Waals surface area contributed by atoms with Gasteiger partial charge in [0.2, 0.25) is 0 Å². The second kappa shape index (κ2) is 7.82. The molecule has 4 nitrogen and oxygen atoms in total. The van der Waals surface area contributed by atoms with Gasteiger partial charge in [-0.3, -0.25) is 4.79 Å². The maximum atomic E-state index is 14.1. The largest absolute Gasteiger partial charge is 0.355 e. The van der Waals surface area contributed by atoms with E-state index in [1.54, 1.807) is 11.0 Å². The number of benzene rings is 1. The summed E-state index contributed by atoms with van der Waals surface area (Å²) in [5.74, 6) is 0.139. The lowest BCUT2D eigenvalue weighted by molar-refractivity contribution is 0.0756. The maximum absolute atomic E-state index is 14.1. The van der Waals surface area contributed by atoms with Gasteiger partial charge in [0.25, 0.3) is 5.91 Å². The van der Waals surface area contributed by atoms with Crippen molar-refractivity contribution in [2.45, 2.75) is 11.7 Å². The van der Waals surface area contributed by atoms with Crippen LogP contribution in [0.1, 0.15) is 27.7 Å². The number of aromatic nitrogens is 1. The average Bonchev–Trinajstić information content (AvgIpc) is 3.31. The molecule has 1 aliphatic heterocycles. The minimum Gasteiger partial charge on any atom is -0.355 e. The topological polar surface area (TPSA) is 46.3 Å². The molecule has 1 aromatic carbocycles. The molecule has 4 rings (SSSR count). The van der Waals surface area contributed by atoms with Gasteiger partial charge in [-0.2, -0.15) is 11.8 Å². The first-order chi connectivity index (χ1) is 13.1. The van der Waals surface area contributed by atoms with Gasteiger partial charge >= 0.3 is 0 Å². The predicted octanol–water partition coefficient (Wildman–Crippen LogP) is 5.00. The van der Waals surface area contributed by atoms with Crippen molar-refractivity contribution in [3.05, 3.63) is 64.7 Å². The number of amides is 1. The summed E-state index contributed by atoms with van der Waals surface area (Å²) in [6, 6.07) is 8.97. The number of hydrogen-bond donors (Lipinski definition) is 0. The summed E-state index contributed by atoms with van der Waals surface area (Å²) in [6.07, 6.45) is 0.548. The molecule has 0 N–H and O–H groups in total. The summed E-state index contributed by atoms with van der Waals surface area (Å²) in [5, 5.41) is 5.65. The Morgan fingerprint density at radius 1 is 1.22 bits per heavy atom. The molecular formula is C19H16F2N2O2S2. The van der Waals surface area contributed by atoms with Crippen molar-refractivity contribution in [1.82, 2.24) is 10.1 Å². The van der Waals surface area contributed by atoms with Gasteiger partial charge in [0.05, 0.1) is 4.88 Å². The molecule has 1 aliphatic rings.